The molecule has 1 heterocycles. The van der Waals surface area contributed by atoms with Crippen LogP contribution in [0.3, 0.4) is 0 Å². The van der Waals surface area contributed by atoms with Gasteiger partial charge < -0.3 is 0 Å². The van der Waals surface area contributed by atoms with E-state index in [0.29, 0.717) is 6.42 Å². The summed E-state index contributed by atoms with van der Waals surface area (Å²) in [6.07, 6.45) is 4.33. The van der Waals surface area contributed by atoms with Crippen molar-refractivity contribution in [3.8, 4) is 0 Å². The Morgan fingerprint density at radius 1 is 1.31 bits per heavy atom. The number of benzene rings is 1. The summed E-state index contributed by atoms with van der Waals surface area (Å²) >= 11 is 7.81. The maximum absolute atomic E-state index is 11.5. The number of hydrogen-bond donors (Lipinski definition) is 0. The second kappa shape index (κ2) is 3.79. The molecule has 1 aliphatic heterocycles. The van der Waals surface area contributed by atoms with Crippen molar-refractivity contribution < 1.29 is 4.79 Å². The van der Waals surface area contributed by atoms with Crippen LogP contribution in [0.2, 0.25) is 5.02 Å². The highest BCUT2D eigenvalue weighted by Crippen LogP contribution is 2.42. The molecule has 0 radical (unpaired) electrons. The van der Waals surface area contributed by atoms with Crippen LogP contribution < -0.4 is 0 Å². The van der Waals surface area contributed by atoms with Crippen molar-refractivity contribution in [2.75, 3.05) is 5.75 Å². The second-order valence-corrected chi connectivity index (χ2v) is 5.34. The van der Waals surface area contributed by atoms with Crippen LogP contribution in [0, 0.1) is 0 Å². The van der Waals surface area contributed by atoms with Crippen molar-refractivity contribution in [3.05, 3.63) is 46.5 Å². The molecule has 0 atom stereocenters. The van der Waals surface area contributed by atoms with Crippen LogP contribution >= 0.6 is 23.4 Å². The highest BCUT2D eigenvalue weighted by atomic mass is 35.5. The Kier molecular flexibility index (Phi) is 2.41. The number of rotatable bonds is 0. The van der Waals surface area contributed by atoms with Crippen LogP contribution in [0.25, 0.3) is 5.57 Å². The van der Waals surface area contributed by atoms with Crippen molar-refractivity contribution >= 4 is 34.7 Å². The van der Waals surface area contributed by atoms with E-state index in [2.05, 4.69) is 0 Å². The van der Waals surface area contributed by atoms with Crippen LogP contribution in [-0.2, 0) is 4.79 Å². The van der Waals surface area contributed by atoms with Crippen molar-refractivity contribution in [3.63, 3.8) is 0 Å². The largest absolute Gasteiger partial charge is 0.294 e. The number of hydrogen-bond acceptors (Lipinski definition) is 2. The van der Waals surface area contributed by atoms with Gasteiger partial charge in [-0.2, -0.15) is 0 Å². The summed E-state index contributed by atoms with van der Waals surface area (Å²) in [5.74, 6) is 1.13. The van der Waals surface area contributed by atoms with Crippen molar-refractivity contribution in [2.45, 2.75) is 11.3 Å². The third-order valence-corrected chi connectivity index (χ3v) is 4.17. The molecule has 3 rings (SSSR count). The molecule has 0 unspecified atom stereocenters. The Morgan fingerprint density at radius 3 is 3.06 bits per heavy atom. The number of fused-ring (bicyclic) bond motifs is 3. The summed E-state index contributed by atoms with van der Waals surface area (Å²) in [4.78, 5) is 12.7. The molecule has 0 spiro atoms. The monoisotopic (exact) mass is 248 g/mol. The fourth-order valence-corrected chi connectivity index (χ4v) is 3.27. The summed E-state index contributed by atoms with van der Waals surface area (Å²) in [6, 6.07) is 5.87. The summed E-state index contributed by atoms with van der Waals surface area (Å²) in [6.45, 7) is 0. The van der Waals surface area contributed by atoms with Crippen molar-refractivity contribution in [2.24, 2.45) is 0 Å². The lowest BCUT2D eigenvalue weighted by molar-refractivity contribution is -0.113. The van der Waals surface area contributed by atoms with Gasteiger partial charge in [0, 0.05) is 22.1 Å². The fraction of sp³-hybridized carbons (Fsp3) is 0.154. The molecule has 3 heteroatoms. The molecule has 1 aliphatic carbocycles. The molecule has 0 aromatic heterocycles. The van der Waals surface area contributed by atoms with Crippen LogP contribution in [0.4, 0.5) is 0 Å². The molecule has 2 aliphatic rings. The van der Waals surface area contributed by atoms with Crippen LogP contribution in [0.5, 0.6) is 0 Å². The Bertz CT molecular complexity index is 543. The number of carbonyl (C=O) groups excluding carboxylic acids is 1. The van der Waals surface area contributed by atoms with E-state index in [9.17, 15) is 4.79 Å². The Balaban J connectivity index is 2.20. The molecule has 0 amide bonds. The van der Waals surface area contributed by atoms with Crippen LogP contribution in [0.15, 0.2) is 40.8 Å². The van der Waals surface area contributed by atoms with Gasteiger partial charge in [0.2, 0.25) is 0 Å². The van der Waals surface area contributed by atoms with Gasteiger partial charge in [-0.1, -0.05) is 17.7 Å². The maximum atomic E-state index is 11.5. The zero-order valence-corrected chi connectivity index (χ0v) is 10.1. The summed E-state index contributed by atoms with van der Waals surface area (Å²) in [5, 5.41) is 0.722. The van der Waals surface area contributed by atoms with Gasteiger partial charge in [-0.25, -0.2) is 0 Å². The first-order chi connectivity index (χ1) is 7.74. The van der Waals surface area contributed by atoms with Gasteiger partial charge in [0.1, 0.15) is 0 Å². The topological polar surface area (TPSA) is 17.1 Å². The first-order valence-corrected chi connectivity index (χ1v) is 6.47. The molecule has 1 aromatic rings. The van der Waals surface area contributed by atoms with E-state index in [1.165, 1.54) is 10.5 Å². The van der Waals surface area contributed by atoms with E-state index < -0.39 is 0 Å². The van der Waals surface area contributed by atoms with Gasteiger partial charge in [-0.05, 0) is 41.0 Å². The van der Waals surface area contributed by atoms with E-state index in [1.54, 1.807) is 17.8 Å². The molecule has 0 fully saturated rings. The molecule has 1 aromatic carbocycles. The molecule has 16 heavy (non-hydrogen) atoms. The highest BCUT2D eigenvalue weighted by molar-refractivity contribution is 7.99. The normalized spacial score (nSPS) is 18.4. The second-order valence-electron chi connectivity index (χ2n) is 3.89. The van der Waals surface area contributed by atoms with Gasteiger partial charge in [-0.15, -0.1) is 11.8 Å². The number of halogens is 1. The Hall–Kier alpha value is -0.990. The van der Waals surface area contributed by atoms with Gasteiger partial charge >= 0.3 is 0 Å². The molecule has 1 nitrogen and oxygen atoms in total. The smallest absolute Gasteiger partial charge is 0.160 e. The average molecular weight is 249 g/mol. The molecular weight excluding hydrogens is 240 g/mol. The molecule has 0 N–H and O–H groups in total. The first-order valence-electron chi connectivity index (χ1n) is 5.11. The molecular formula is C13H9ClOS. The average Bonchev–Trinajstić information content (AvgIpc) is 2.29. The lowest BCUT2D eigenvalue weighted by Crippen LogP contribution is -2.08. The van der Waals surface area contributed by atoms with Gasteiger partial charge in [0.15, 0.2) is 5.78 Å². The number of ketones is 1. The maximum Gasteiger partial charge on any atom is 0.160 e. The Morgan fingerprint density at radius 2 is 2.19 bits per heavy atom. The summed E-state index contributed by atoms with van der Waals surface area (Å²) in [5.41, 5.74) is 3.43. The minimum absolute atomic E-state index is 0.177. The minimum atomic E-state index is 0.177. The third-order valence-electron chi connectivity index (χ3n) is 2.82. The van der Waals surface area contributed by atoms with E-state index in [1.807, 2.05) is 24.3 Å². The lowest BCUT2D eigenvalue weighted by atomic mass is 9.92. The zero-order chi connectivity index (χ0) is 11.1. The van der Waals surface area contributed by atoms with Crippen molar-refractivity contribution in [1.29, 1.82) is 0 Å². The van der Waals surface area contributed by atoms with Crippen LogP contribution in [0.1, 0.15) is 12.0 Å². The highest BCUT2D eigenvalue weighted by Gasteiger charge is 2.22. The van der Waals surface area contributed by atoms with E-state index in [-0.39, 0.29) is 5.78 Å². The van der Waals surface area contributed by atoms with E-state index in [4.69, 9.17) is 11.6 Å². The van der Waals surface area contributed by atoms with E-state index >= 15 is 0 Å². The van der Waals surface area contributed by atoms with Gasteiger partial charge in [0.25, 0.3) is 0 Å². The zero-order valence-electron chi connectivity index (χ0n) is 8.50. The number of carbonyl (C=O) groups is 1. The van der Waals surface area contributed by atoms with Gasteiger partial charge in [-0.3, -0.25) is 4.79 Å². The summed E-state index contributed by atoms with van der Waals surface area (Å²) < 4.78 is 0. The summed E-state index contributed by atoms with van der Waals surface area (Å²) in [7, 11) is 0. The first kappa shape index (κ1) is 10.2. The number of thioether (sulfide) groups is 1. The molecule has 0 saturated carbocycles. The predicted octanol–water partition coefficient (Wildman–Crippen LogP) is 3.73. The molecule has 0 bridgehead atoms. The lowest BCUT2D eigenvalue weighted by Gasteiger charge is -2.23. The molecule has 80 valence electrons. The van der Waals surface area contributed by atoms with Gasteiger partial charge in [0.05, 0.1) is 0 Å². The van der Waals surface area contributed by atoms with Crippen molar-refractivity contribution in [1.82, 2.24) is 0 Å². The van der Waals surface area contributed by atoms with Crippen LogP contribution in [-0.4, -0.2) is 11.5 Å². The predicted molar refractivity (Wildman–Crippen MR) is 67.9 cm³/mol. The minimum Gasteiger partial charge on any atom is -0.294 e. The standard InChI is InChI=1S/C13H9ClOS/c14-9-2-4-13-12(5-9)11-6-10(15)3-1-8(11)7-16-13/h1-2,4-6H,3,7H2. The Labute approximate surface area is 103 Å². The SMILES string of the molecule is O=C1C=C2C(=CC1)CSc1ccc(Cl)cc12. The molecule has 0 saturated heterocycles. The third kappa shape index (κ3) is 1.62. The fourth-order valence-electron chi connectivity index (χ4n) is 2.03. The van der Waals surface area contributed by atoms with E-state index in [0.717, 1.165) is 21.9 Å². The number of allylic oxidation sites excluding steroid dienone is 3. The quantitative estimate of drug-likeness (QED) is 0.696.